The van der Waals surface area contributed by atoms with Gasteiger partial charge in [0.2, 0.25) is 0 Å². The Morgan fingerprint density at radius 2 is 1.85 bits per heavy atom. The predicted octanol–water partition coefficient (Wildman–Crippen LogP) is 2.55. The predicted molar refractivity (Wildman–Crippen MR) is 81.2 cm³/mol. The van der Waals surface area contributed by atoms with Gasteiger partial charge in [-0.2, -0.15) is 0 Å². The van der Waals surface area contributed by atoms with E-state index in [-0.39, 0.29) is 23.5 Å². The number of nitrogens with one attached hydrogen (secondary N) is 1. The van der Waals surface area contributed by atoms with Crippen LogP contribution in [-0.2, 0) is 9.84 Å². The number of nitrogens with zero attached hydrogens (tertiary/aromatic N) is 2. The summed E-state index contributed by atoms with van der Waals surface area (Å²) < 4.78 is 22.9. The summed E-state index contributed by atoms with van der Waals surface area (Å²) in [7, 11) is -2.85. The molecule has 112 valence electrons. The van der Waals surface area contributed by atoms with E-state index >= 15 is 0 Å². The quantitative estimate of drug-likeness (QED) is 0.867. The summed E-state index contributed by atoms with van der Waals surface area (Å²) in [5.41, 5.74) is 0.810. The zero-order chi connectivity index (χ0) is 14.9. The van der Waals surface area contributed by atoms with Gasteiger partial charge in [-0.1, -0.05) is 25.4 Å². The van der Waals surface area contributed by atoms with E-state index in [4.69, 9.17) is 11.6 Å². The third-order valence-corrected chi connectivity index (χ3v) is 5.60. The average molecular weight is 318 g/mol. The molecule has 0 bridgehead atoms. The minimum Gasteiger partial charge on any atom is -0.367 e. The fourth-order valence-electron chi connectivity index (χ4n) is 2.13. The van der Waals surface area contributed by atoms with Gasteiger partial charge in [0.1, 0.15) is 26.6 Å². The van der Waals surface area contributed by atoms with Gasteiger partial charge in [-0.15, -0.1) is 0 Å². The molecular formula is C13H20ClN3O2S. The van der Waals surface area contributed by atoms with E-state index in [1.807, 2.05) is 20.8 Å². The molecule has 0 aliphatic carbocycles. The van der Waals surface area contributed by atoms with Crippen molar-refractivity contribution in [2.45, 2.75) is 45.6 Å². The Hall–Kier alpha value is -0.880. The van der Waals surface area contributed by atoms with Crippen LogP contribution in [0.1, 0.15) is 44.0 Å². The van der Waals surface area contributed by atoms with Crippen molar-refractivity contribution in [2.75, 3.05) is 16.8 Å². The smallest absolute Gasteiger partial charge is 0.150 e. The van der Waals surface area contributed by atoms with Crippen LogP contribution in [0.3, 0.4) is 0 Å². The summed E-state index contributed by atoms with van der Waals surface area (Å²) in [6.45, 7) is 5.89. The average Bonchev–Trinajstić information content (AvgIpc) is 2.36. The topological polar surface area (TPSA) is 72.0 Å². The number of aromatic nitrogens is 2. The molecule has 7 heteroatoms. The molecule has 1 saturated heterocycles. The molecule has 1 aromatic rings. The molecule has 0 aromatic carbocycles. The Morgan fingerprint density at radius 1 is 1.25 bits per heavy atom. The maximum absolute atomic E-state index is 11.4. The number of halogens is 1. The monoisotopic (exact) mass is 317 g/mol. The molecule has 2 heterocycles. The van der Waals surface area contributed by atoms with Crippen LogP contribution in [0.2, 0.25) is 5.15 Å². The van der Waals surface area contributed by atoms with Crippen LogP contribution in [0, 0.1) is 6.92 Å². The van der Waals surface area contributed by atoms with Gasteiger partial charge in [-0.25, -0.2) is 18.4 Å². The molecule has 0 spiro atoms. The Balaban J connectivity index is 2.17. The second-order valence-electron chi connectivity index (χ2n) is 5.57. The first-order valence-electron chi connectivity index (χ1n) is 6.79. The van der Waals surface area contributed by atoms with Crippen LogP contribution in [0.15, 0.2) is 0 Å². The third-order valence-electron chi connectivity index (χ3n) is 3.52. The van der Waals surface area contributed by atoms with Crippen LogP contribution in [0.25, 0.3) is 0 Å². The van der Waals surface area contributed by atoms with E-state index in [2.05, 4.69) is 15.3 Å². The SMILES string of the molecule is Cc1c(Cl)nc(C(C)C)nc1NC1CCS(=O)(=O)CC1. The van der Waals surface area contributed by atoms with Crippen LogP contribution in [-0.4, -0.2) is 35.9 Å². The first-order valence-corrected chi connectivity index (χ1v) is 8.99. The van der Waals surface area contributed by atoms with Gasteiger partial charge in [0.05, 0.1) is 11.5 Å². The van der Waals surface area contributed by atoms with Crippen LogP contribution in [0.5, 0.6) is 0 Å². The normalized spacial score (nSPS) is 19.2. The first-order chi connectivity index (χ1) is 9.28. The van der Waals surface area contributed by atoms with Crippen LogP contribution in [0.4, 0.5) is 5.82 Å². The van der Waals surface area contributed by atoms with E-state index in [1.54, 1.807) is 0 Å². The van der Waals surface area contributed by atoms with Crippen molar-refractivity contribution in [2.24, 2.45) is 0 Å². The highest BCUT2D eigenvalue weighted by molar-refractivity contribution is 7.91. The third kappa shape index (κ3) is 3.61. The van der Waals surface area contributed by atoms with Gasteiger partial charge in [0, 0.05) is 17.5 Å². The summed E-state index contributed by atoms with van der Waals surface area (Å²) in [4.78, 5) is 8.77. The van der Waals surface area contributed by atoms with Gasteiger partial charge in [-0.3, -0.25) is 0 Å². The molecular weight excluding hydrogens is 298 g/mol. The van der Waals surface area contributed by atoms with Gasteiger partial charge >= 0.3 is 0 Å². The second-order valence-corrected chi connectivity index (χ2v) is 8.23. The molecule has 0 saturated carbocycles. The fraction of sp³-hybridized carbons (Fsp3) is 0.692. The van der Waals surface area contributed by atoms with Crippen molar-refractivity contribution in [1.29, 1.82) is 0 Å². The minimum absolute atomic E-state index is 0.128. The molecule has 1 fully saturated rings. The summed E-state index contributed by atoms with van der Waals surface area (Å²) in [6.07, 6.45) is 1.22. The Morgan fingerprint density at radius 3 is 2.40 bits per heavy atom. The summed E-state index contributed by atoms with van der Waals surface area (Å²) in [5, 5.41) is 3.78. The van der Waals surface area contributed by atoms with Crippen molar-refractivity contribution in [1.82, 2.24) is 9.97 Å². The van der Waals surface area contributed by atoms with Crippen LogP contribution >= 0.6 is 11.6 Å². The van der Waals surface area contributed by atoms with Gasteiger partial charge < -0.3 is 5.32 Å². The lowest BCUT2D eigenvalue weighted by Gasteiger charge is -2.24. The number of hydrogen-bond donors (Lipinski definition) is 1. The number of hydrogen-bond acceptors (Lipinski definition) is 5. The summed E-state index contributed by atoms with van der Waals surface area (Å²) in [5.74, 6) is 2.09. The van der Waals surface area contributed by atoms with Crippen LogP contribution < -0.4 is 5.32 Å². The molecule has 0 radical (unpaired) electrons. The molecule has 1 N–H and O–H groups in total. The standard InChI is InChI=1S/C13H20ClN3O2S/c1-8(2)12-16-11(14)9(3)13(17-12)15-10-4-6-20(18,19)7-5-10/h8,10H,4-7H2,1-3H3,(H,15,16,17). The fourth-order valence-corrected chi connectivity index (χ4v) is 3.80. The van der Waals surface area contributed by atoms with E-state index in [0.717, 1.165) is 11.4 Å². The number of rotatable bonds is 3. The largest absolute Gasteiger partial charge is 0.367 e. The highest BCUT2D eigenvalue weighted by atomic mass is 35.5. The van der Waals surface area contributed by atoms with E-state index in [9.17, 15) is 8.42 Å². The minimum atomic E-state index is -2.85. The summed E-state index contributed by atoms with van der Waals surface area (Å²) >= 11 is 6.14. The van der Waals surface area contributed by atoms with E-state index in [0.29, 0.717) is 23.8 Å². The lowest BCUT2D eigenvalue weighted by atomic mass is 10.1. The van der Waals surface area contributed by atoms with Crippen molar-refractivity contribution in [3.05, 3.63) is 16.5 Å². The number of sulfone groups is 1. The lowest BCUT2D eigenvalue weighted by molar-refractivity contribution is 0.558. The van der Waals surface area contributed by atoms with Gasteiger partial charge in [-0.05, 0) is 19.8 Å². The zero-order valence-corrected chi connectivity index (χ0v) is 13.6. The van der Waals surface area contributed by atoms with Crippen molar-refractivity contribution < 1.29 is 8.42 Å². The lowest BCUT2D eigenvalue weighted by Crippen LogP contribution is -2.32. The number of anilines is 1. The molecule has 5 nitrogen and oxygen atoms in total. The molecule has 1 aromatic heterocycles. The van der Waals surface area contributed by atoms with Crippen molar-refractivity contribution >= 4 is 27.3 Å². The van der Waals surface area contributed by atoms with E-state index < -0.39 is 9.84 Å². The molecule has 0 unspecified atom stereocenters. The Kier molecular flexibility index (Phi) is 4.54. The van der Waals surface area contributed by atoms with Gasteiger partial charge in [0.15, 0.2) is 0 Å². The molecule has 0 amide bonds. The highest BCUT2D eigenvalue weighted by Gasteiger charge is 2.24. The second kappa shape index (κ2) is 5.85. The maximum Gasteiger partial charge on any atom is 0.150 e. The molecule has 2 rings (SSSR count). The molecule has 0 atom stereocenters. The maximum atomic E-state index is 11.4. The zero-order valence-electron chi connectivity index (χ0n) is 12.0. The molecule has 1 aliphatic rings. The first kappa shape index (κ1) is 15.5. The van der Waals surface area contributed by atoms with Crippen molar-refractivity contribution in [3.63, 3.8) is 0 Å². The Bertz CT molecular complexity index is 588. The van der Waals surface area contributed by atoms with E-state index in [1.165, 1.54) is 0 Å². The van der Waals surface area contributed by atoms with Crippen molar-refractivity contribution in [3.8, 4) is 0 Å². The molecule has 20 heavy (non-hydrogen) atoms. The Labute approximate surface area is 125 Å². The van der Waals surface area contributed by atoms with Gasteiger partial charge in [0.25, 0.3) is 0 Å². The molecule has 1 aliphatic heterocycles. The summed E-state index contributed by atoms with van der Waals surface area (Å²) in [6, 6.07) is 0.128. The highest BCUT2D eigenvalue weighted by Crippen LogP contribution is 2.25.